The van der Waals surface area contributed by atoms with Crippen molar-refractivity contribution in [1.82, 2.24) is 20.1 Å². The summed E-state index contributed by atoms with van der Waals surface area (Å²) in [7, 11) is 3.33. The van der Waals surface area contributed by atoms with Gasteiger partial charge < -0.3 is 24.7 Å². The number of hydrogen-bond acceptors (Lipinski definition) is 6. The summed E-state index contributed by atoms with van der Waals surface area (Å²) in [5, 5.41) is 9.53. The molecule has 1 saturated heterocycles. The first-order valence-corrected chi connectivity index (χ1v) is 17.2. The number of aromatic nitrogens is 3. The average Bonchev–Trinajstić information content (AvgIpc) is 3.82. The molecule has 6 rings (SSSR count). The van der Waals surface area contributed by atoms with E-state index in [2.05, 4.69) is 39.4 Å². The Balaban J connectivity index is 1.30. The SMILES string of the molecule is COC(=O)c1cc(CNC(=O)c2[nH]c3c(-c4c(C)nn(C)c4C)cccc3c2CCCOc2cc(C)c(Cl)c(C)c2)cc(N2CCCC2)c1. The Labute approximate surface area is 292 Å². The monoisotopic (exact) mass is 681 g/mol. The minimum Gasteiger partial charge on any atom is -0.494 e. The van der Waals surface area contributed by atoms with E-state index in [1.54, 1.807) is 6.07 Å². The molecule has 0 radical (unpaired) electrons. The van der Waals surface area contributed by atoms with Crippen LogP contribution in [0.15, 0.2) is 48.5 Å². The summed E-state index contributed by atoms with van der Waals surface area (Å²) in [6.45, 7) is 10.6. The lowest BCUT2D eigenvalue weighted by Crippen LogP contribution is -2.25. The number of nitrogens with zero attached hydrogens (tertiary/aromatic N) is 3. The van der Waals surface area contributed by atoms with Crippen LogP contribution in [0.3, 0.4) is 0 Å². The molecule has 0 saturated carbocycles. The van der Waals surface area contributed by atoms with E-state index < -0.39 is 5.97 Å². The fraction of sp³-hybridized carbons (Fsp3) is 0.359. The Bertz CT molecular complexity index is 2020. The van der Waals surface area contributed by atoms with Crippen molar-refractivity contribution in [2.24, 2.45) is 7.05 Å². The molecule has 10 heteroatoms. The minimum atomic E-state index is -0.397. The highest BCUT2D eigenvalue weighted by molar-refractivity contribution is 6.32. The zero-order chi connectivity index (χ0) is 34.8. The van der Waals surface area contributed by atoms with Crippen LogP contribution in [0.2, 0.25) is 5.02 Å². The molecule has 0 aliphatic carbocycles. The second-order valence-corrected chi connectivity index (χ2v) is 13.3. The number of methoxy groups -OCH3 is 1. The topological polar surface area (TPSA) is 101 Å². The summed E-state index contributed by atoms with van der Waals surface area (Å²) in [6.07, 6.45) is 3.55. The molecule has 256 valence electrons. The molecule has 3 aromatic carbocycles. The van der Waals surface area contributed by atoms with E-state index in [-0.39, 0.29) is 12.5 Å². The molecule has 0 unspecified atom stereocenters. The molecule has 49 heavy (non-hydrogen) atoms. The lowest BCUT2D eigenvalue weighted by molar-refractivity contribution is 0.0600. The Kier molecular flexibility index (Phi) is 10.0. The van der Waals surface area contributed by atoms with Gasteiger partial charge in [0.15, 0.2) is 0 Å². The van der Waals surface area contributed by atoms with Crippen LogP contribution in [0.25, 0.3) is 22.0 Å². The van der Waals surface area contributed by atoms with Crippen LogP contribution in [-0.2, 0) is 24.8 Å². The number of hydrogen-bond donors (Lipinski definition) is 2. The summed E-state index contributed by atoms with van der Waals surface area (Å²) in [5.74, 6) is 0.169. The average molecular weight is 682 g/mol. The van der Waals surface area contributed by atoms with E-state index in [4.69, 9.17) is 21.1 Å². The lowest BCUT2D eigenvalue weighted by Gasteiger charge is -2.19. The molecule has 0 atom stereocenters. The third kappa shape index (κ3) is 7.04. The van der Waals surface area contributed by atoms with Crippen molar-refractivity contribution in [1.29, 1.82) is 0 Å². The third-order valence-electron chi connectivity index (χ3n) is 9.52. The van der Waals surface area contributed by atoms with Gasteiger partial charge in [-0.1, -0.05) is 29.8 Å². The maximum atomic E-state index is 14.1. The van der Waals surface area contributed by atoms with Gasteiger partial charge in [-0.05, 0) is 106 Å². The van der Waals surface area contributed by atoms with Gasteiger partial charge in [-0.15, -0.1) is 0 Å². The second-order valence-electron chi connectivity index (χ2n) is 13.0. The first-order chi connectivity index (χ1) is 23.5. The fourth-order valence-corrected chi connectivity index (χ4v) is 7.08. The summed E-state index contributed by atoms with van der Waals surface area (Å²) in [4.78, 5) is 32.4. The van der Waals surface area contributed by atoms with Crippen molar-refractivity contribution in [3.63, 3.8) is 0 Å². The summed E-state index contributed by atoms with van der Waals surface area (Å²) in [6, 6.07) is 15.8. The number of halogens is 1. The van der Waals surface area contributed by atoms with E-state index in [1.807, 2.05) is 62.8 Å². The largest absolute Gasteiger partial charge is 0.494 e. The van der Waals surface area contributed by atoms with Gasteiger partial charge in [-0.3, -0.25) is 9.48 Å². The van der Waals surface area contributed by atoms with Gasteiger partial charge in [0, 0.05) is 59.6 Å². The van der Waals surface area contributed by atoms with Gasteiger partial charge >= 0.3 is 5.97 Å². The number of aromatic amines is 1. The Morgan fingerprint density at radius 3 is 2.43 bits per heavy atom. The van der Waals surface area contributed by atoms with E-state index in [9.17, 15) is 9.59 Å². The summed E-state index contributed by atoms with van der Waals surface area (Å²) >= 11 is 6.36. The number of amides is 1. The number of esters is 1. The van der Waals surface area contributed by atoms with Crippen molar-refractivity contribution < 1.29 is 19.1 Å². The number of anilines is 1. The molecule has 2 aromatic heterocycles. The van der Waals surface area contributed by atoms with Crippen molar-refractivity contribution >= 4 is 40.1 Å². The number of H-pyrrole nitrogens is 1. The number of benzene rings is 3. The Morgan fingerprint density at radius 1 is 1.02 bits per heavy atom. The highest BCUT2D eigenvalue weighted by Crippen LogP contribution is 2.36. The van der Waals surface area contributed by atoms with Crippen molar-refractivity contribution in [3.8, 4) is 16.9 Å². The van der Waals surface area contributed by atoms with E-state index in [0.717, 1.165) is 98.1 Å². The minimum absolute atomic E-state index is 0.215. The van der Waals surface area contributed by atoms with Gasteiger partial charge in [-0.2, -0.15) is 5.10 Å². The maximum absolute atomic E-state index is 14.1. The first-order valence-electron chi connectivity index (χ1n) is 16.8. The highest BCUT2D eigenvalue weighted by atomic mass is 35.5. The predicted molar refractivity (Wildman–Crippen MR) is 195 cm³/mol. The summed E-state index contributed by atoms with van der Waals surface area (Å²) in [5.41, 5.74) is 10.6. The number of nitrogens with one attached hydrogen (secondary N) is 2. The number of carbonyl (C=O) groups is 2. The molecule has 5 aromatic rings. The number of fused-ring (bicyclic) bond motifs is 1. The molecule has 0 bridgehead atoms. The summed E-state index contributed by atoms with van der Waals surface area (Å²) < 4.78 is 13.1. The maximum Gasteiger partial charge on any atom is 0.337 e. The van der Waals surface area contributed by atoms with Crippen LogP contribution in [0.1, 0.15) is 73.8 Å². The molecule has 1 fully saturated rings. The van der Waals surface area contributed by atoms with Gasteiger partial charge in [0.05, 0.1) is 30.5 Å². The number of para-hydroxylation sites is 1. The van der Waals surface area contributed by atoms with Crippen LogP contribution in [-0.4, -0.2) is 53.4 Å². The normalized spacial score (nSPS) is 12.9. The number of rotatable bonds is 11. The van der Waals surface area contributed by atoms with Crippen LogP contribution in [0.5, 0.6) is 5.75 Å². The van der Waals surface area contributed by atoms with E-state index >= 15 is 0 Å². The number of ether oxygens (including phenoxy) is 2. The Morgan fingerprint density at radius 2 is 1.76 bits per heavy atom. The molecule has 0 spiro atoms. The molecule has 9 nitrogen and oxygen atoms in total. The van der Waals surface area contributed by atoms with Crippen molar-refractivity contribution in [2.75, 3.05) is 31.7 Å². The van der Waals surface area contributed by atoms with Crippen molar-refractivity contribution in [2.45, 2.75) is 59.9 Å². The van der Waals surface area contributed by atoms with Gasteiger partial charge in [0.25, 0.3) is 5.91 Å². The number of aryl methyl sites for hydroxylation is 5. The molecule has 1 amide bonds. The quantitative estimate of drug-likeness (QED) is 0.109. The molecule has 3 heterocycles. The first kappa shape index (κ1) is 34.1. The smallest absolute Gasteiger partial charge is 0.337 e. The number of carbonyl (C=O) groups excluding carboxylic acids is 2. The van der Waals surface area contributed by atoms with Crippen LogP contribution in [0.4, 0.5) is 5.69 Å². The molecular formula is C39H44ClN5O4. The van der Waals surface area contributed by atoms with E-state index in [1.165, 1.54) is 7.11 Å². The van der Waals surface area contributed by atoms with Gasteiger partial charge in [0.2, 0.25) is 0 Å². The molecule has 1 aliphatic rings. The predicted octanol–water partition coefficient (Wildman–Crippen LogP) is 7.78. The second kappa shape index (κ2) is 14.4. The van der Waals surface area contributed by atoms with Gasteiger partial charge in [-0.25, -0.2) is 4.79 Å². The van der Waals surface area contributed by atoms with Gasteiger partial charge in [0.1, 0.15) is 11.4 Å². The van der Waals surface area contributed by atoms with Crippen LogP contribution < -0.4 is 15.0 Å². The zero-order valence-electron chi connectivity index (χ0n) is 29.1. The molecule has 2 N–H and O–H groups in total. The van der Waals surface area contributed by atoms with Crippen LogP contribution in [0, 0.1) is 27.7 Å². The van der Waals surface area contributed by atoms with Crippen LogP contribution >= 0.6 is 11.6 Å². The van der Waals surface area contributed by atoms with E-state index in [0.29, 0.717) is 30.7 Å². The Hall–Kier alpha value is -4.76. The van der Waals surface area contributed by atoms with Crippen molar-refractivity contribution in [3.05, 3.63) is 98.5 Å². The third-order valence-corrected chi connectivity index (χ3v) is 10.1. The fourth-order valence-electron chi connectivity index (χ4n) is 6.97. The standard InChI is InChI=1S/C39H44ClN5O4/c1-23-17-30(18-24(2)35(23)40)49-16-10-13-32-31-11-9-12-33(34-25(3)43-44(5)26(34)4)36(31)42-37(32)38(46)41-22-27-19-28(39(47)48-6)21-29(20-27)45-14-7-8-15-45/h9,11-12,17-21,42H,7-8,10,13-16,22H2,1-6H3,(H,41,46). The zero-order valence-corrected chi connectivity index (χ0v) is 29.9. The molecule has 1 aliphatic heterocycles. The molecular weight excluding hydrogens is 638 g/mol. The lowest BCUT2D eigenvalue weighted by atomic mass is 9.98. The highest BCUT2D eigenvalue weighted by Gasteiger charge is 2.23.